The van der Waals surface area contributed by atoms with Crippen LogP contribution in [-0.4, -0.2) is 22.9 Å². The largest absolute Gasteiger partial charge is 0.457 e. The molecule has 0 atom stereocenters. The van der Waals surface area contributed by atoms with Gasteiger partial charge in [-0.3, -0.25) is 9.78 Å². The Hall–Kier alpha value is -3.58. The Morgan fingerprint density at radius 2 is 1.97 bits per heavy atom. The van der Waals surface area contributed by atoms with Gasteiger partial charge in [0, 0.05) is 36.9 Å². The average molecular weight is 409 g/mol. The molecule has 0 radical (unpaired) electrons. The number of fused-ring (bicyclic) bond motifs is 1. The first-order valence-corrected chi connectivity index (χ1v) is 9.24. The molecule has 1 amide bonds. The van der Waals surface area contributed by atoms with E-state index in [1.807, 2.05) is 24.3 Å². The van der Waals surface area contributed by atoms with Crippen molar-refractivity contribution in [1.29, 1.82) is 0 Å². The summed E-state index contributed by atoms with van der Waals surface area (Å²) in [5.74, 6) is 0.769. The van der Waals surface area contributed by atoms with Crippen LogP contribution >= 0.6 is 11.6 Å². The highest BCUT2D eigenvalue weighted by molar-refractivity contribution is 6.31. The first-order valence-electron chi connectivity index (χ1n) is 8.86. The Morgan fingerprint density at radius 3 is 2.79 bits per heavy atom. The van der Waals surface area contributed by atoms with Gasteiger partial charge < -0.3 is 19.8 Å². The maximum Gasteiger partial charge on any atom is 0.295 e. The topological polar surface area (TPSA) is 89.3 Å². The highest BCUT2D eigenvalue weighted by Crippen LogP contribution is 2.28. The van der Waals surface area contributed by atoms with E-state index in [2.05, 4.69) is 20.6 Å². The van der Waals surface area contributed by atoms with Crippen LogP contribution in [0.4, 0.5) is 6.01 Å². The Balaban J connectivity index is 1.50. The van der Waals surface area contributed by atoms with Gasteiger partial charge in [0.2, 0.25) is 0 Å². The molecule has 7 nitrogen and oxygen atoms in total. The Labute approximate surface area is 171 Å². The zero-order valence-corrected chi connectivity index (χ0v) is 16.2. The van der Waals surface area contributed by atoms with Crippen molar-refractivity contribution < 1.29 is 13.9 Å². The fraction of sp³-hybridized carbons (Fsp3) is 0.0952. The van der Waals surface area contributed by atoms with Crippen LogP contribution in [0.25, 0.3) is 11.1 Å². The van der Waals surface area contributed by atoms with Gasteiger partial charge in [-0.15, -0.1) is 0 Å². The number of nitrogens with zero attached hydrogens (tertiary/aromatic N) is 2. The molecule has 0 aliphatic heterocycles. The maximum absolute atomic E-state index is 11.7. The lowest BCUT2D eigenvalue weighted by Crippen LogP contribution is -2.18. The number of carbonyl (C=O) groups excluding carboxylic acids is 1. The molecule has 8 heteroatoms. The van der Waals surface area contributed by atoms with Crippen LogP contribution in [0.5, 0.6) is 11.5 Å². The Bertz CT molecular complexity index is 1180. The number of benzene rings is 2. The molecule has 2 aromatic carbocycles. The van der Waals surface area contributed by atoms with Crippen molar-refractivity contribution in [2.75, 3.05) is 12.4 Å². The lowest BCUT2D eigenvalue weighted by molar-refractivity contribution is 0.0958. The van der Waals surface area contributed by atoms with Gasteiger partial charge in [0.25, 0.3) is 11.9 Å². The molecular formula is C21H17ClN4O3. The van der Waals surface area contributed by atoms with Gasteiger partial charge in [-0.05, 0) is 29.8 Å². The maximum atomic E-state index is 11.7. The predicted molar refractivity (Wildman–Crippen MR) is 110 cm³/mol. The Morgan fingerprint density at radius 1 is 1.14 bits per heavy atom. The minimum absolute atomic E-state index is 0.275. The molecule has 0 fully saturated rings. The second kappa shape index (κ2) is 8.20. The number of ether oxygens (including phenoxy) is 1. The standard InChI is InChI=1S/C21H17ClN4O3/c1-23-20(27)18-10-15(8-9-24-18)28-14-6-7-17-19(11-14)29-21(26-17)25-12-13-4-2-3-5-16(13)22/h2-11H,12H2,1H3,(H,23,27)(H,25,26). The average Bonchev–Trinajstić information content (AvgIpc) is 3.15. The van der Waals surface area contributed by atoms with Crippen LogP contribution in [-0.2, 0) is 6.54 Å². The van der Waals surface area contributed by atoms with Gasteiger partial charge in [-0.1, -0.05) is 29.8 Å². The molecular weight excluding hydrogens is 392 g/mol. The number of amides is 1. The fourth-order valence-electron chi connectivity index (χ4n) is 2.72. The Kier molecular flexibility index (Phi) is 5.31. The van der Waals surface area contributed by atoms with Crippen molar-refractivity contribution in [1.82, 2.24) is 15.3 Å². The summed E-state index contributed by atoms with van der Waals surface area (Å²) >= 11 is 6.17. The lowest BCUT2D eigenvalue weighted by atomic mass is 10.2. The SMILES string of the molecule is CNC(=O)c1cc(Oc2ccc3nc(NCc4ccccc4Cl)oc3c2)ccn1. The summed E-state index contributed by atoms with van der Waals surface area (Å²) in [6, 6.07) is 16.5. The molecule has 0 aliphatic rings. The van der Waals surface area contributed by atoms with E-state index in [1.165, 1.54) is 6.20 Å². The number of hydrogen-bond donors (Lipinski definition) is 2. The summed E-state index contributed by atoms with van der Waals surface area (Å²) in [6.45, 7) is 0.495. The molecule has 0 saturated heterocycles. The molecule has 0 bridgehead atoms. The van der Waals surface area contributed by atoms with Crippen LogP contribution in [0.2, 0.25) is 5.02 Å². The van der Waals surface area contributed by atoms with Gasteiger partial charge in [-0.2, -0.15) is 4.98 Å². The summed E-state index contributed by atoms with van der Waals surface area (Å²) in [6.07, 6.45) is 1.52. The monoisotopic (exact) mass is 408 g/mol. The molecule has 0 unspecified atom stereocenters. The molecule has 29 heavy (non-hydrogen) atoms. The van der Waals surface area contributed by atoms with Gasteiger partial charge in [0.05, 0.1) is 0 Å². The molecule has 4 aromatic rings. The number of rotatable bonds is 6. The first kappa shape index (κ1) is 18.8. The molecule has 0 spiro atoms. The summed E-state index contributed by atoms with van der Waals surface area (Å²) in [5, 5.41) is 6.34. The number of oxazole rings is 1. The van der Waals surface area contributed by atoms with Crippen LogP contribution in [0.3, 0.4) is 0 Å². The van der Waals surface area contributed by atoms with Crippen molar-refractivity contribution in [3.05, 3.63) is 77.1 Å². The molecule has 2 aromatic heterocycles. The molecule has 0 saturated carbocycles. The number of nitrogens with one attached hydrogen (secondary N) is 2. The number of anilines is 1. The minimum Gasteiger partial charge on any atom is -0.457 e. The van der Waals surface area contributed by atoms with Crippen LogP contribution in [0, 0.1) is 0 Å². The van der Waals surface area contributed by atoms with E-state index in [0.29, 0.717) is 40.2 Å². The summed E-state index contributed by atoms with van der Waals surface area (Å²) in [7, 11) is 1.55. The molecule has 146 valence electrons. The van der Waals surface area contributed by atoms with E-state index < -0.39 is 0 Å². The van der Waals surface area contributed by atoms with Crippen molar-refractivity contribution in [2.24, 2.45) is 0 Å². The van der Waals surface area contributed by atoms with Crippen molar-refractivity contribution in [2.45, 2.75) is 6.54 Å². The van der Waals surface area contributed by atoms with E-state index in [4.69, 9.17) is 20.8 Å². The predicted octanol–water partition coefficient (Wildman–Crippen LogP) is 4.64. The number of pyridine rings is 1. The van der Waals surface area contributed by atoms with Crippen LogP contribution in [0.15, 0.2) is 65.2 Å². The van der Waals surface area contributed by atoms with Gasteiger partial charge in [0.15, 0.2) is 5.58 Å². The second-order valence-corrected chi connectivity index (χ2v) is 6.56. The smallest absolute Gasteiger partial charge is 0.295 e. The highest BCUT2D eigenvalue weighted by Gasteiger charge is 2.10. The third-order valence-electron chi connectivity index (χ3n) is 4.17. The second-order valence-electron chi connectivity index (χ2n) is 6.15. The van der Waals surface area contributed by atoms with Crippen LogP contribution in [0.1, 0.15) is 16.1 Å². The highest BCUT2D eigenvalue weighted by atomic mass is 35.5. The number of aromatic nitrogens is 2. The van der Waals surface area contributed by atoms with E-state index >= 15 is 0 Å². The minimum atomic E-state index is -0.282. The van der Waals surface area contributed by atoms with E-state index in [0.717, 1.165) is 5.56 Å². The molecule has 4 rings (SSSR count). The van der Waals surface area contributed by atoms with Crippen molar-refractivity contribution >= 4 is 34.6 Å². The quantitative estimate of drug-likeness (QED) is 0.483. The van der Waals surface area contributed by atoms with Crippen molar-refractivity contribution in [3.63, 3.8) is 0 Å². The zero-order valence-electron chi connectivity index (χ0n) is 15.5. The van der Waals surface area contributed by atoms with Gasteiger partial charge >= 0.3 is 0 Å². The summed E-state index contributed by atoms with van der Waals surface area (Å²) in [4.78, 5) is 20.1. The van der Waals surface area contributed by atoms with Crippen LogP contribution < -0.4 is 15.4 Å². The van der Waals surface area contributed by atoms with E-state index in [-0.39, 0.29) is 11.6 Å². The zero-order chi connectivity index (χ0) is 20.2. The van der Waals surface area contributed by atoms with Gasteiger partial charge in [0.1, 0.15) is 22.7 Å². The number of carbonyl (C=O) groups is 1. The van der Waals surface area contributed by atoms with Gasteiger partial charge in [-0.25, -0.2) is 0 Å². The van der Waals surface area contributed by atoms with E-state index in [9.17, 15) is 4.79 Å². The molecule has 2 heterocycles. The third-order valence-corrected chi connectivity index (χ3v) is 4.54. The third kappa shape index (κ3) is 4.30. The number of hydrogen-bond acceptors (Lipinski definition) is 6. The normalized spacial score (nSPS) is 10.7. The first-order chi connectivity index (χ1) is 14.1. The van der Waals surface area contributed by atoms with E-state index in [1.54, 1.807) is 37.4 Å². The summed E-state index contributed by atoms with van der Waals surface area (Å²) in [5.41, 5.74) is 2.49. The fourth-order valence-corrected chi connectivity index (χ4v) is 2.92. The summed E-state index contributed by atoms with van der Waals surface area (Å²) < 4.78 is 11.6. The lowest BCUT2D eigenvalue weighted by Gasteiger charge is -2.06. The number of halogens is 1. The molecule has 2 N–H and O–H groups in total. The molecule has 0 aliphatic carbocycles. The van der Waals surface area contributed by atoms with Crippen molar-refractivity contribution in [3.8, 4) is 11.5 Å².